The monoisotopic (exact) mass is 521 g/mol. The van der Waals surface area contributed by atoms with Crippen molar-refractivity contribution in [3.05, 3.63) is 0 Å². The number of piperidine rings is 2. The Labute approximate surface area is 221 Å². The number of hydrogen-bond donors (Lipinski definition) is 4. The molecule has 4 rings (SSSR count). The molecular formula is C27H48FN7O2. The van der Waals surface area contributed by atoms with Crippen LogP contribution in [0.4, 0.5) is 4.39 Å². The van der Waals surface area contributed by atoms with Crippen molar-refractivity contribution in [3.8, 4) is 0 Å². The Bertz CT molecular complexity index is 819. The predicted octanol–water partition coefficient (Wildman–Crippen LogP) is 1.16. The van der Waals surface area contributed by atoms with Crippen molar-refractivity contribution in [2.24, 2.45) is 27.8 Å². The predicted molar refractivity (Wildman–Crippen MR) is 144 cm³/mol. The highest BCUT2D eigenvalue weighted by Gasteiger charge is 2.41. The van der Waals surface area contributed by atoms with Crippen LogP contribution in [0.2, 0.25) is 0 Å². The summed E-state index contributed by atoms with van der Waals surface area (Å²) in [6.45, 7) is 8.57. The van der Waals surface area contributed by atoms with E-state index in [4.69, 9.17) is 11.5 Å². The zero-order valence-corrected chi connectivity index (χ0v) is 22.7. The number of halogens is 1. The number of amides is 2. The van der Waals surface area contributed by atoms with Gasteiger partial charge in [-0.25, -0.2) is 4.39 Å². The molecule has 6 atom stereocenters. The summed E-state index contributed by atoms with van der Waals surface area (Å²) in [7, 11) is 0. The standard InChI is InChI=1S/C27H48FN7O2/c1-3-27(2)10-6-18(28)16-32-20(15-27)24(25(29)30)26(37)33-21-17-31-11-7-22(21)34-13-8-19(9-14-34)35-12-4-5-23(35)36/h16,18-22,24-25,31H,3-15,17,29-30H2,1-2H3,(H,33,37). The third-order valence-corrected chi connectivity index (χ3v) is 9.44. The summed E-state index contributed by atoms with van der Waals surface area (Å²) in [6.07, 6.45) is 6.63. The van der Waals surface area contributed by atoms with E-state index >= 15 is 0 Å². The van der Waals surface area contributed by atoms with Gasteiger partial charge in [0.2, 0.25) is 11.8 Å². The molecule has 3 saturated heterocycles. The molecule has 0 aliphatic carbocycles. The minimum atomic E-state index is -1.11. The van der Waals surface area contributed by atoms with Gasteiger partial charge >= 0.3 is 0 Å². The van der Waals surface area contributed by atoms with Crippen LogP contribution >= 0.6 is 0 Å². The molecule has 0 spiro atoms. The van der Waals surface area contributed by atoms with Crippen LogP contribution in [0.15, 0.2) is 4.99 Å². The number of alkyl halides is 1. The second-order valence-corrected chi connectivity index (χ2v) is 12.0. The molecule has 4 heterocycles. The molecule has 0 aromatic carbocycles. The average Bonchev–Trinajstić information content (AvgIpc) is 3.31. The Balaban J connectivity index is 1.42. The average molecular weight is 522 g/mol. The van der Waals surface area contributed by atoms with E-state index in [0.717, 1.165) is 64.7 Å². The topological polar surface area (TPSA) is 129 Å². The maximum Gasteiger partial charge on any atom is 0.228 e. The third kappa shape index (κ3) is 6.88. The van der Waals surface area contributed by atoms with Crippen molar-refractivity contribution < 1.29 is 14.0 Å². The van der Waals surface area contributed by atoms with Crippen LogP contribution in [0.3, 0.4) is 0 Å². The zero-order chi connectivity index (χ0) is 26.6. The van der Waals surface area contributed by atoms with Crippen molar-refractivity contribution >= 4 is 18.0 Å². The summed E-state index contributed by atoms with van der Waals surface area (Å²) in [5, 5.41) is 6.70. The normalized spacial score (nSPS) is 35.4. The maximum absolute atomic E-state index is 14.4. The van der Waals surface area contributed by atoms with Crippen molar-refractivity contribution in [1.29, 1.82) is 0 Å². The van der Waals surface area contributed by atoms with Gasteiger partial charge in [0.05, 0.1) is 24.2 Å². The fourth-order valence-electron chi connectivity index (χ4n) is 6.86. The summed E-state index contributed by atoms with van der Waals surface area (Å²) in [5.74, 6) is -0.616. The summed E-state index contributed by atoms with van der Waals surface area (Å²) < 4.78 is 14.4. The molecule has 6 unspecified atom stereocenters. The van der Waals surface area contributed by atoms with Crippen LogP contribution in [0.25, 0.3) is 0 Å². The highest BCUT2D eigenvalue weighted by Crippen LogP contribution is 2.38. The molecule has 3 fully saturated rings. The van der Waals surface area contributed by atoms with Crippen molar-refractivity contribution in [3.63, 3.8) is 0 Å². The Kier molecular flexibility index (Phi) is 9.58. The number of aliphatic imine (C=N–C) groups is 1. The molecule has 9 nitrogen and oxygen atoms in total. The smallest absolute Gasteiger partial charge is 0.228 e. The Morgan fingerprint density at radius 3 is 2.68 bits per heavy atom. The summed E-state index contributed by atoms with van der Waals surface area (Å²) >= 11 is 0. The van der Waals surface area contributed by atoms with E-state index in [1.807, 2.05) is 0 Å². The first-order valence-corrected chi connectivity index (χ1v) is 14.4. The van der Waals surface area contributed by atoms with Gasteiger partial charge in [-0.15, -0.1) is 0 Å². The van der Waals surface area contributed by atoms with Crippen molar-refractivity contribution in [2.75, 3.05) is 32.7 Å². The molecule has 0 saturated carbocycles. The Morgan fingerprint density at radius 1 is 1.27 bits per heavy atom. The molecule has 0 aromatic rings. The van der Waals surface area contributed by atoms with Gasteiger partial charge in [-0.05, 0) is 56.9 Å². The van der Waals surface area contributed by atoms with Gasteiger partial charge in [-0.3, -0.25) is 19.5 Å². The second-order valence-electron chi connectivity index (χ2n) is 12.0. The molecule has 0 radical (unpaired) electrons. The summed E-state index contributed by atoms with van der Waals surface area (Å²) in [5.41, 5.74) is 12.3. The largest absolute Gasteiger partial charge is 0.350 e. The lowest BCUT2D eigenvalue weighted by atomic mass is 9.73. The van der Waals surface area contributed by atoms with Crippen molar-refractivity contribution in [2.45, 2.75) is 108 Å². The molecule has 0 aromatic heterocycles. The van der Waals surface area contributed by atoms with Crippen molar-refractivity contribution in [1.82, 2.24) is 20.4 Å². The van der Waals surface area contributed by atoms with Crippen LogP contribution in [0, 0.1) is 11.3 Å². The zero-order valence-electron chi connectivity index (χ0n) is 22.7. The summed E-state index contributed by atoms with van der Waals surface area (Å²) in [6, 6.07) is 0.0285. The fraction of sp³-hybridized carbons (Fsp3) is 0.889. The number of nitrogens with zero attached hydrogens (tertiary/aromatic N) is 3. The minimum absolute atomic E-state index is 0.0727. The quantitative estimate of drug-likeness (QED) is 0.372. The molecule has 10 heteroatoms. The van der Waals surface area contributed by atoms with Gasteiger partial charge in [0.1, 0.15) is 6.17 Å². The lowest BCUT2D eigenvalue weighted by molar-refractivity contribution is -0.131. The van der Waals surface area contributed by atoms with E-state index < -0.39 is 24.3 Å². The maximum atomic E-state index is 14.4. The fourth-order valence-corrected chi connectivity index (χ4v) is 6.86. The van der Waals surface area contributed by atoms with Gasteiger partial charge < -0.3 is 27.0 Å². The van der Waals surface area contributed by atoms with E-state index in [2.05, 4.69) is 39.3 Å². The summed E-state index contributed by atoms with van der Waals surface area (Å²) in [4.78, 5) is 35.0. The number of nitrogens with one attached hydrogen (secondary N) is 2. The van der Waals surface area contributed by atoms with E-state index in [9.17, 15) is 14.0 Å². The first-order valence-electron chi connectivity index (χ1n) is 14.4. The number of carbonyl (C=O) groups is 2. The van der Waals surface area contributed by atoms with E-state index in [-0.39, 0.29) is 23.4 Å². The molecule has 2 amide bonds. The Morgan fingerprint density at radius 2 is 2.03 bits per heavy atom. The van der Waals surface area contributed by atoms with Crippen LogP contribution < -0.4 is 22.1 Å². The molecular weight excluding hydrogens is 473 g/mol. The molecule has 37 heavy (non-hydrogen) atoms. The SMILES string of the molecule is CCC1(C)CCC(F)C=NC(C(C(=O)NC2CNCCC2N2CCC(N3CCCC3=O)CC2)C(N)N)C1. The van der Waals surface area contributed by atoms with Crippen LogP contribution in [-0.2, 0) is 9.59 Å². The van der Waals surface area contributed by atoms with E-state index in [0.29, 0.717) is 37.8 Å². The number of rotatable bonds is 7. The molecule has 4 aliphatic heterocycles. The number of carbonyl (C=O) groups excluding carboxylic acids is 2. The van der Waals surface area contributed by atoms with Crippen LogP contribution in [-0.4, -0.2) is 97.1 Å². The van der Waals surface area contributed by atoms with E-state index in [1.54, 1.807) is 0 Å². The highest BCUT2D eigenvalue weighted by atomic mass is 19.1. The van der Waals surface area contributed by atoms with Crippen LogP contribution in [0.1, 0.15) is 71.6 Å². The first kappa shape index (κ1) is 28.4. The highest BCUT2D eigenvalue weighted by molar-refractivity contribution is 5.81. The van der Waals surface area contributed by atoms with E-state index in [1.165, 1.54) is 6.21 Å². The molecule has 210 valence electrons. The third-order valence-electron chi connectivity index (χ3n) is 9.44. The van der Waals surface area contributed by atoms with Gasteiger partial charge in [-0.2, -0.15) is 0 Å². The molecule has 6 N–H and O–H groups in total. The number of likely N-dealkylation sites (tertiary alicyclic amines) is 2. The second kappa shape index (κ2) is 12.5. The molecule has 0 bridgehead atoms. The van der Waals surface area contributed by atoms with Gasteiger partial charge in [0, 0.05) is 50.9 Å². The van der Waals surface area contributed by atoms with Crippen LogP contribution in [0.5, 0.6) is 0 Å². The van der Waals surface area contributed by atoms with Gasteiger partial charge in [-0.1, -0.05) is 20.3 Å². The minimum Gasteiger partial charge on any atom is -0.350 e. The van der Waals surface area contributed by atoms with Gasteiger partial charge in [0.15, 0.2) is 0 Å². The Hall–Kier alpha value is -1.62. The lowest BCUT2D eigenvalue weighted by Gasteiger charge is -2.45. The lowest BCUT2D eigenvalue weighted by Crippen LogP contribution is -2.64. The number of nitrogens with two attached hydrogens (primary N) is 2. The number of hydrogen-bond acceptors (Lipinski definition) is 7. The van der Waals surface area contributed by atoms with Gasteiger partial charge in [0.25, 0.3) is 0 Å². The first-order chi connectivity index (χ1) is 17.7. The molecule has 4 aliphatic rings.